The van der Waals surface area contributed by atoms with Crippen LogP contribution in [0.1, 0.15) is 123 Å². The average molecular weight is 867 g/mol. The molecule has 0 aromatic carbocycles. The molecule has 1 unspecified atom stereocenters. The molecule has 342 valence electrons. The number of hydrogen-bond acceptors (Lipinski definition) is 12. The van der Waals surface area contributed by atoms with Gasteiger partial charge < -0.3 is 39.9 Å². The van der Waals surface area contributed by atoms with Crippen molar-refractivity contribution >= 4 is 19.8 Å². The number of rotatable bonds is 38. The third kappa shape index (κ3) is 37.7. The number of carbonyl (C=O) groups is 2. The topological polar surface area (TPSA) is 210 Å². The minimum absolute atomic E-state index is 0.0536. The zero-order chi connectivity index (χ0) is 44.5. The predicted molar refractivity (Wildman–Crippen MR) is 237 cm³/mol. The van der Waals surface area contributed by atoms with Crippen LogP contribution in [0, 0.1) is 0 Å². The van der Waals surface area contributed by atoms with Crippen LogP contribution in [0.15, 0.2) is 97.2 Å². The SMILES string of the molecule is CCCCC/C=C\C/C=C\C/C=C\C/C=C\CCCC(=O)OC[C@H](COP(=O)(O)OC[C@@H](O)CO)OC(=O)CCC[C@H](O)[C@@H](O)/C=C/C=C/C=C\C=C\[C@@H](O)CCCCC. The fourth-order valence-corrected chi connectivity index (χ4v) is 5.86. The van der Waals surface area contributed by atoms with Crippen molar-refractivity contribution < 1.29 is 63.1 Å². The lowest BCUT2D eigenvalue weighted by molar-refractivity contribution is -0.161. The highest BCUT2D eigenvalue weighted by atomic mass is 31.2. The molecule has 0 rings (SSSR count). The maximum Gasteiger partial charge on any atom is 0.472 e. The molecule has 0 aromatic rings. The van der Waals surface area contributed by atoms with Crippen molar-refractivity contribution in [3.8, 4) is 0 Å². The summed E-state index contributed by atoms with van der Waals surface area (Å²) in [5.74, 6) is -1.33. The second kappa shape index (κ2) is 39.9. The van der Waals surface area contributed by atoms with Crippen molar-refractivity contribution in [2.24, 2.45) is 0 Å². The summed E-state index contributed by atoms with van der Waals surface area (Å²) in [6.45, 7) is 1.76. The Kier molecular flexibility index (Phi) is 37.7. The Balaban J connectivity index is 4.75. The molecule has 6 atom stereocenters. The number of phosphoric ester groups is 1. The maximum atomic E-state index is 12.6. The van der Waals surface area contributed by atoms with Crippen LogP contribution < -0.4 is 0 Å². The first-order valence-electron chi connectivity index (χ1n) is 21.5. The molecular formula is C46H75O13P. The highest BCUT2D eigenvalue weighted by Gasteiger charge is 2.27. The number of unbranched alkanes of at least 4 members (excludes halogenated alkanes) is 6. The van der Waals surface area contributed by atoms with Crippen LogP contribution >= 0.6 is 7.82 Å². The van der Waals surface area contributed by atoms with E-state index in [9.17, 15) is 39.5 Å². The van der Waals surface area contributed by atoms with Gasteiger partial charge in [-0.1, -0.05) is 143 Å². The van der Waals surface area contributed by atoms with E-state index in [0.29, 0.717) is 12.8 Å². The monoisotopic (exact) mass is 866 g/mol. The van der Waals surface area contributed by atoms with Crippen molar-refractivity contribution in [1.82, 2.24) is 0 Å². The minimum atomic E-state index is -4.73. The fraction of sp³-hybridized carbons (Fsp3) is 0.609. The molecule has 13 nitrogen and oxygen atoms in total. The lowest BCUT2D eigenvalue weighted by Crippen LogP contribution is -2.30. The Morgan fingerprint density at radius 3 is 1.75 bits per heavy atom. The second-order valence-electron chi connectivity index (χ2n) is 14.2. The molecule has 0 heterocycles. The minimum Gasteiger partial charge on any atom is -0.462 e. The van der Waals surface area contributed by atoms with Gasteiger partial charge in [-0.15, -0.1) is 0 Å². The number of carbonyl (C=O) groups excluding carboxylic acids is 2. The third-order valence-corrected chi connectivity index (χ3v) is 9.53. The zero-order valence-corrected chi connectivity index (χ0v) is 36.9. The Morgan fingerprint density at radius 2 is 1.13 bits per heavy atom. The molecule has 0 saturated carbocycles. The Bertz CT molecular complexity index is 1370. The number of ether oxygens (including phenoxy) is 2. The van der Waals surface area contributed by atoms with Crippen molar-refractivity contribution in [2.45, 2.75) is 154 Å². The Morgan fingerprint density at radius 1 is 0.600 bits per heavy atom. The van der Waals surface area contributed by atoms with Crippen LogP contribution in [-0.4, -0.2) is 99.3 Å². The third-order valence-electron chi connectivity index (χ3n) is 8.58. The maximum absolute atomic E-state index is 12.6. The number of esters is 2. The van der Waals surface area contributed by atoms with Crippen molar-refractivity contribution in [3.63, 3.8) is 0 Å². The molecule has 14 heteroatoms. The van der Waals surface area contributed by atoms with Gasteiger partial charge in [0.15, 0.2) is 6.10 Å². The summed E-state index contributed by atoms with van der Waals surface area (Å²) in [6.07, 6.45) is 37.4. The zero-order valence-electron chi connectivity index (χ0n) is 36.0. The molecule has 0 radical (unpaired) electrons. The van der Waals surface area contributed by atoms with Crippen molar-refractivity contribution in [3.05, 3.63) is 97.2 Å². The van der Waals surface area contributed by atoms with E-state index in [2.05, 4.69) is 54.8 Å². The highest BCUT2D eigenvalue weighted by Crippen LogP contribution is 2.43. The highest BCUT2D eigenvalue weighted by molar-refractivity contribution is 7.47. The molecule has 0 amide bonds. The molecule has 0 aliphatic carbocycles. The first kappa shape index (κ1) is 56.8. The van der Waals surface area contributed by atoms with Crippen LogP contribution in [0.5, 0.6) is 0 Å². The Labute approximate surface area is 359 Å². The number of aliphatic hydroxyl groups is 5. The summed E-state index contributed by atoms with van der Waals surface area (Å²) < 4.78 is 32.4. The molecule has 6 N–H and O–H groups in total. The van der Waals surface area contributed by atoms with Gasteiger partial charge in [0.1, 0.15) is 12.7 Å². The number of hydrogen-bond donors (Lipinski definition) is 6. The summed E-state index contributed by atoms with van der Waals surface area (Å²) >= 11 is 0. The molecule has 0 fully saturated rings. The summed E-state index contributed by atoms with van der Waals surface area (Å²) in [5.41, 5.74) is 0. The van der Waals surface area contributed by atoms with Gasteiger partial charge in [-0.2, -0.15) is 0 Å². The molecule has 0 bridgehead atoms. The van der Waals surface area contributed by atoms with E-state index in [-0.39, 0.29) is 25.7 Å². The molecular weight excluding hydrogens is 791 g/mol. The summed E-state index contributed by atoms with van der Waals surface area (Å²) in [7, 11) is -4.73. The smallest absolute Gasteiger partial charge is 0.462 e. The number of phosphoric acid groups is 1. The molecule has 60 heavy (non-hydrogen) atoms. The van der Waals surface area contributed by atoms with Gasteiger partial charge in [-0.25, -0.2) is 4.57 Å². The summed E-state index contributed by atoms with van der Waals surface area (Å²) in [4.78, 5) is 35.0. The average Bonchev–Trinajstić information content (AvgIpc) is 3.22. The van der Waals surface area contributed by atoms with Crippen LogP contribution in [0.3, 0.4) is 0 Å². The quantitative estimate of drug-likeness (QED) is 0.0114. The van der Waals surface area contributed by atoms with Gasteiger partial charge >= 0.3 is 19.8 Å². The van der Waals surface area contributed by atoms with Gasteiger partial charge in [-0.3, -0.25) is 18.6 Å². The van der Waals surface area contributed by atoms with Gasteiger partial charge in [0.05, 0.1) is 38.1 Å². The van der Waals surface area contributed by atoms with Crippen LogP contribution in [0.2, 0.25) is 0 Å². The standard InChI is InChI=1S/C46H75O13P/c1-3-5-7-8-9-10-11-12-13-14-15-16-17-18-19-24-28-34-45(52)56-38-42(39-58-60(54,55)57-37-41(49)36-47)59-46(53)35-29-33-44(51)43(50)32-27-23-21-20-22-26-31-40(48)30-25-6-4-2/h9-10,12-13,15-16,18-23,26-27,31-32,40-44,47-51H,3-8,11,14,17,24-25,28-30,33-39H2,1-2H3,(H,54,55)/b10-9-,13-12-,16-15-,19-18-,22-20-,23-21+,31-26+,32-27+/t40-,41-,42+,43-,44-/m0/s1. The number of aliphatic hydroxyl groups excluding tert-OH is 5. The molecule has 0 saturated heterocycles. The van der Waals surface area contributed by atoms with E-state index < -0.39 is 76.7 Å². The first-order chi connectivity index (χ1) is 28.9. The van der Waals surface area contributed by atoms with Crippen LogP contribution in [0.4, 0.5) is 0 Å². The van der Waals surface area contributed by atoms with E-state index in [1.165, 1.54) is 25.3 Å². The van der Waals surface area contributed by atoms with Gasteiger partial charge in [-0.05, 0) is 64.2 Å². The van der Waals surface area contributed by atoms with Crippen molar-refractivity contribution in [1.29, 1.82) is 0 Å². The molecule has 0 spiro atoms. The lowest BCUT2D eigenvalue weighted by atomic mass is 10.1. The van der Waals surface area contributed by atoms with Crippen LogP contribution in [0.25, 0.3) is 0 Å². The van der Waals surface area contributed by atoms with Crippen LogP contribution in [-0.2, 0) is 32.7 Å². The molecule has 0 aromatic heterocycles. The largest absolute Gasteiger partial charge is 0.472 e. The number of allylic oxidation sites excluding steroid dienone is 14. The Hall–Kier alpha value is -3.23. The molecule has 0 aliphatic rings. The van der Waals surface area contributed by atoms with Gasteiger partial charge in [0.2, 0.25) is 0 Å². The normalized spacial score (nSPS) is 16.3. The van der Waals surface area contributed by atoms with E-state index >= 15 is 0 Å². The van der Waals surface area contributed by atoms with E-state index in [1.54, 1.807) is 42.5 Å². The second-order valence-corrected chi connectivity index (χ2v) is 15.7. The fourth-order valence-electron chi connectivity index (χ4n) is 5.07. The summed E-state index contributed by atoms with van der Waals surface area (Å²) in [6, 6.07) is 0. The van der Waals surface area contributed by atoms with Crippen molar-refractivity contribution in [2.75, 3.05) is 26.4 Å². The van der Waals surface area contributed by atoms with Gasteiger partial charge in [0.25, 0.3) is 0 Å². The molecule has 0 aliphatic heterocycles. The summed E-state index contributed by atoms with van der Waals surface area (Å²) in [5, 5.41) is 48.8. The van der Waals surface area contributed by atoms with Gasteiger partial charge in [0, 0.05) is 12.8 Å². The van der Waals surface area contributed by atoms with E-state index in [0.717, 1.165) is 51.4 Å². The first-order valence-corrected chi connectivity index (χ1v) is 23.0. The van der Waals surface area contributed by atoms with E-state index in [4.69, 9.17) is 19.1 Å². The van der Waals surface area contributed by atoms with E-state index in [1.807, 2.05) is 12.2 Å². The lowest BCUT2D eigenvalue weighted by Gasteiger charge is -2.20. The predicted octanol–water partition coefficient (Wildman–Crippen LogP) is 8.13.